The minimum Gasteiger partial charge on any atom is -0.356 e. The van der Waals surface area contributed by atoms with Crippen molar-refractivity contribution in [1.82, 2.24) is 15.1 Å². The van der Waals surface area contributed by atoms with Crippen LogP contribution in [-0.4, -0.2) is 54.8 Å². The molecule has 1 aromatic carbocycles. The third kappa shape index (κ3) is 7.29. The number of carbonyl (C=O) groups is 2. The number of carbonyl (C=O) groups excluding carboxylic acids is 2. The topological polar surface area (TPSA) is 52.7 Å². The summed E-state index contributed by atoms with van der Waals surface area (Å²) in [7, 11) is 1.77. The van der Waals surface area contributed by atoms with Crippen molar-refractivity contribution in [3.05, 3.63) is 35.6 Å². The maximum atomic E-state index is 13.0. The van der Waals surface area contributed by atoms with Crippen molar-refractivity contribution in [1.29, 1.82) is 0 Å². The molecular formula is C21H32FN3O2. The van der Waals surface area contributed by atoms with Crippen LogP contribution in [0.25, 0.3) is 0 Å². The van der Waals surface area contributed by atoms with Gasteiger partial charge in [-0.25, -0.2) is 4.39 Å². The van der Waals surface area contributed by atoms with E-state index in [1.165, 1.54) is 12.1 Å². The lowest BCUT2D eigenvalue weighted by Gasteiger charge is -2.32. The second-order valence-electron chi connectivity index (χ2n) is 7.42. The van der Waals surface area contributed by atoms with Crippen molar-refractivity contribution < 1.29 is 14.0 Å². The number of amides is 2. The molecule has 0 atom stereocenters. The average molecular weight is 378 g/mol. The van der Waals surface area contributed by atoms with E-state index < -0.39 is 0 Å². The Bertz CT molecular complexity index is 598. The molecule has 1 aliphatic heterocycles. The highest BCUT2D eigenvalue weighted by atomic mass is 19.1. The fourth-order valence-corrected chi connectivity index (χ4v) is 3.35. The van der Waals surface area contributed by atoms with Crippen molar-refractivity contribution in [2.45, 2.75) is 45.6 Å². The first kappa shape index (κ1) is 21.4. The summed E-state index contributed by atoms with van der Waals surface area (Å²) < 4.78 is 13.0. The standard InChI is InChI=1S/C21H32FN3O2/c1-3-4-5-12-23-21(27)18-10-13-25(14-11-18)16-20(26)24(2)15-17-6-8-19(22)9-7-17/h6-9,18H,3-5,10-16H2,1-2H3,(H,23,27). The summed E-state index contributed by atoms with van der Waals surface area (Å²) in [6.07, 6.45) is 4.93. The second kappa shape index (κ2) is 11.0. The third-order valence-electron chi connectivity index (χ3n) is 5.16. The Labute approximate surface area is 161 Å². The number of hydrogen-bond acceptors (Lipinski definition) is 3. The minimum absolute atomic E-state index is 0.0433. The van der Waals surface area contributed by atoms with Gasteiger partial charge in [0.25, 0.3) is 0 Å². The van der Waals surface area contributed by atoms with E-state index in [0.717, 1.165) is 57.3 Å². The van der Waals surface area contributed by atoms with Crippen molar-refractivity contribution in [2.75, 3.05) is 33.2 Å². The van der Waals surface area contributed by atoms with Gasteiger partial charge in [-0.05, 0) is 50.0 Å². The predicted molar refractivity (Wildman–Crippen MR) is 105 cm³/mol. The molecule has 1 aromatic rings. The smallest absolute Gasteiger partial charge is 0.236 e. The monoisotopic (exact) mass is 377 g/mol. The number of benzene rings is 1. The molecule has 2 rings (SSSR count). The zero-order valence-corrected chi connectivity index (χ0v) is 16.5. The summed E-state index contributed by atoms with van der Waals surface area (Å²) >= 11 is 0. The molecule has 1 aliphatic rings. The van der Waals surface area contributed by atoms with E-state index in [4.69, 9.17) is 0 Å². The van der Waals surface area contributed by atoms with Crippen molar-refractivity contribution in [3.63, 3.8) is 0 Å². The van der Waals surface area contributed by atoms with E-state index in [1.807, 2.05) is 0 Å². The molecule has 0 aromatic heterocycles. The molecule has 0 spiro atoms. The normalized spacial score (nSPS) is 15.5. The Morgan fingerprint density at radius 1 is 1.19 bits per heavy atom. The Morgan fingerprint density at radius 3 is 2.48 bits per heavy atom. The van der Waals surface area contributed by atoms with Crippen LogP contribution in [0.4, 0.5) is 4.39 Å². The lowest BCUT2D eigenvalue weighted by atomic mass is 9.96. The van der Waals surface area contributed by atoms with Gasteiger partial charge < -0.3 is 10.2 Å². The molecule has 0 aliphatic carbocycles. The van der Waals surface area contributed by atoms with E-state index in [2.05, 4.69) is 17.1 Å². The molecular weight excluding hydrogens is 345 g/mol. The van der Waals surface area contributed by atoms with Crippen LogP contribution >= 0.6 is 0 Å². The van der Waals surface area contributed by atoms with Crippen LogP contribution in [0.5, 0.6) is 0 Å². The zero-order valence-electron chi connectivity index (χ0n) is 16.5. The van der Waals surface area contributed by atoms with Gasteiger partial charge in [0.05, 0.1) is 6.54 Å². The number of unbranched alkanes of at least 4 members (excludes halogenated alkanes) is 2. The molecule has 0 unspecified atom stereocenters. The van der Waals surface area contributed by atoms with Crippen LogP contribution in [0.3, 0.4) is 0 Å². The molecule has 0 saturated carbocycles. The molecule has 1 fully saturated rings. The van der Waals surface area contributed by atoms with Crippen molar-refractivity contribution in [3.8, 4) is 0 Å². The molecule has 150 valence electrons. The highest BCUT2D eigenvalue weighted by Gasteiger charge is 2.26. The highest BCUT2D eigenvalue weighted by molar-refractivity contribution is 5.79. The predicted octanol–water partition coefficient (Wildman–Crippen LogP) is 2.80. The van der Waals surface area contributed by atoms with Crippen LogP contribution in [-0.2, 0) is 16.1 Å². The molecule has 6 heteroatoms. The number of piperidine rings is 1. The van der Waals surface area contributed by atoms with E-state index in [9.17, 15) is 14.0 Å². The van der Waals surface area contributed by atoms with Gasteiger partial charge in [-0.15, -0.1) is 0 Å². The number of nitrogens with zero attached hydrogens (tertiary/aromatic N) is 2. The Hall–Kier alpha value is -1.95. The molecule has 1 saturated heterocycles. The van der Waals surface area contributed by atoms with Gasteiger partial charge in [-0.2, -0.15) is 0 Å². The first-order valence-corrected chi connectivity index (χ1v) is 9.98. The summed E-state index contributed by atoms with van der Waals surface area (Å²) in [5.41, 5.74) is 0.908. The van der Waals surface area contributed by atoms with Crippen LogP contribution < -0.4 is 5.32 Å². The van der Waals surface area contributed by atoms with Crippen molar-refractivity contribution in [2.24, 2.45) is 5.92 Å². The summed E-state index contributed by atoms with van der Waals surface area (Å²) in [6, 6.07) is 6.21. The van der Waals surface area contributed by atoms with Gasteiger partial charge in [0.1, 0.15) is 5.82 Å². The quantitative estimate of drug-likeness (QED) is 0.674. The second-order valence-corrected chi connectivity index (χ2v) is 7.42. The Balaban J connectivity index is 1.69. The highest BCUT2D eigenvalue weighted by Crippen LogP contribution is 2.17. The van der Waals surface area contributed by atoms with Crippen LogP contribution in [0.1, 0.15) is 44.6 Å². The van der Waals surface area contributed by atoms with E-state index in [-0.39, 0.29) is 23.5 Å². The average Bonchev–Trinajstić information content (AvgIpc) is 2.67. The third-order valence-corrected chi connectivity index (χ3v) is 5.16. The van der Waals surface area contributed by atoms with Crippen LogP contribution in [0, 0.1) is 11.7 Å². The SMILES string of the molecule is CCCCCNC(=O)C1CCN(CC(=O)N(C)Cc2ccc(F)cc2)CC1. The van der Waals surface area contributed by atoms with Crippen LogP contribution in [0.2, 0.25) is 0 Å². The molecule has 27 heavy (non-hydrogen) atoms. The number of hydrogen-bond donors (Lipinski definition) is 1. The summed E-state index contributed by atoms with van der Waals surface area (Å²) in [5, 5.41) is 3.03. The molecule has 0 bridgehead atoms. The fraction of sp³-hybridized carbons (Fsp3) is 0.619. The zero-order chi connectivity index (χ0) is 19.6. The first-order chi connectivity index (χ1) is 13.0. The van der Waals surface area contributed by atoms with Gasteiger partial charge >= 0.3 is 0 Å². The lowest BCUT2D eigenvalue weighted by Crippen LogP contribution is -2.44. The summed E-state index contributed by atoms with van der Waals surface area (Å²) in [5.74, 6) is -0.00720. The van der Waals surface area contributed by atoms with Gasteiger partial charge in [0.15, 0.2) is 0 Å². The number of likely N-dealkylation sites (tertiary alicyclic amines) is 1. The van der Waals surface area contributed by atoms with Gasteiger partial charge in [-0.3, -0.25) is 14.5 Å². The van der Waals surface area contributed by atoms with Gasteiger partial charge in [0.2, 0.25) is 11.8 Å². The Kier molecular flexibility index (Phi) is 8.72. The fourth-order valence-electron chi connectivity index (χ4n) is 3.35. The van der Waals surface area contributed by atoms with Crippen molar-refractivity contribution >= 4 is 11.8 Å². The van der Waals surface area contributed by atoms with Gasteiger partial charge in [-0.1, -0.05) is 31.9 Å². The van der Waals surface area contributed by atoms with Crippen LogP contribution in [0.15, 0.2) is 24.3 Å². The molecule has 1 N–H and O–H groups in total. The largest absolute Gasteiger partial charge is 0.356 e. The summed E-state index contributed by atoms with van der Waals surface area (Å²) in [6.45, 7) is 5.28. The Morgan fingerprint density at radius 2 is 1.85 bits per heavy atom. The first-order valence-electron chi connectivity index (χ1n) is 9.98. The number of halogens is 1. The van der Waals surface area contributed by atoms with E-state index >= 15 is 0 Å². The molecule has 1 heterocycles. The molecule has 2 amide bonds. The maximum Gasteiger partial charge on any atom is 0.236 e. The molecule has 5 nitrogen and oxygen atoms in total. The minimum atomic E-state index is -0.273. The van der Waals surface area contributed by atoms with E-state index in [0.29, 0.717) is 13.1 Å². The van der Waals surface area contributed by atoms with Gasteiger partial charge in [0, 0.05) is 26.1 Å². The number of nitrogens with one attached hydrogen (secondary N) is 1. The lowest BCUT2D eigenvalue weighted by molar-refractivity contribution is -0.132. The number of rotatable bonds is 9. The van der Waals surface area contributed by atoms with E-state index in [1.54, 1.807) is 24.1 Å². The maximum absolute atomic E-state index is 13.0. The molecule has 0 radical (unpaired) electrons. The summed E-state index contributed by atoms with van der Waals surface area (Å²) in [4.78, 5) is 28.4. The number of likely N-dealkylation sites (N-methyl/N-ethyl adjacent to an activating group) is 1.